The quantitative estimate of drug-likeness (QED) is 0.642. The zero-order chi connectivity index (χ0) is 14.1. The van der Waals surface area contributed by atoms with Crippen LogP contribution >= 0.6 is 0 Å². The molecule has 0 heterocycles. The highest BCUT2D eigenvalue weighted by atomic mass is 19.4. The molecule has 0 spiro atoms. The molecular formula is C9H6F6N2O. The molecule has 0 saturated carbocycles. The average molecular weight is 272 g/mol. The molecule has 1 aromatic rings. The highest BCUT2D eigenvalue weighted by Gasteiger charge is 2.63. The molecule has 1 rings (SSSR count). The van der Waals surface area contributed by atoms with E-state index in [1.165, 1.54) is 5.32 Å². The maximum Gasteiger partial charge on any atom is 0.463 e. The molecule has 0 aliphatic heterocycles. The third kappa shape index (κ3) is 2.84. The Morgan fingerprint density at radius 3 is 2.11 bits per heavy atom. The first-order valence-corrected chi connectivity index (χ1v) is 4.36. The molecule has 0 aromatic heterocycles. The van der Waals surface area contributed by atoms with Crippen molar-refractivity contribution in [1.82, 2.24) is 0 Å². The van der Waals surface area contributed by atoms with Gasteiger partial charge in [-0.2, -0.15) is 22.0 Å². The van der Waals surface area contributed by atoms with E-state index < -0.39 is 29.5 Å². The second kappa shape index (κ2) is 4.39. The van der Waals surface area contributed by atoms with Crippen LogP contribution in [0.4, 0.5) is 37.7 Å². The van der Waals surface area contributed by atoms with Crippen LogP contribution in [0.2, 0.25) is 0 Å². The number of carbonyl (C=O) groups excluding carboxylic acids is 1. The van der Waals surface area contributed by atoms with Crippen LogP contribution in [-0.4, -0.2) is 18.0 Å². The van der Waals surface area contributed by atoms with Crippen LogP contribution in [0, 0.1) is 5.82 Å². The lowest BCUT2D eigenvalue weighted by Crippen LogP contribution is -2.47. The summed E-state index contributed by atoms with van der Waals surface area (Å²) < 4.78 is 73.4. The van der Waals surface area contributed by atoms with Gasteiger partial charge in [0.15, 0.2) is 0 Å². The van der Waals surface area contributed by atoms with Crippen molar-refractivity contribution in [1.29, 1.82) is 0 Å². The van der Waals surface area contributed by atoms with E-state index in [1.807, 2.05) is 0 Å². The van der Waals surface area contributed by atoms with E-state index in [0.29, 0.717) is 6.07 Å². The van der Waals surface area contributed by atoms with E-state index in [2.05, 4.69) is 0 Å². The van der Waals surface area contributed by atoms with Crippen LogP contribution in [-0.2, 0) is 4.79 Å². The first kappa shape index (κ1) is 14.1. The lowest BCUT2D eigenvalue weighted by atomic mass is 10.2. The van der Waals surface area contributed by atoms with Crippen molar-refractivity contribution < 1.29 is 31.1 Å². The minimum absolute atomic E-state index is 0.236. The summed E-state index contributed by atoms with van der Waals surface area (Å²) in [6.07, 6.45) is -6.03. The molecule has 0 fully saturated rings. The SMILES string of the molecule is Nc1cc(F)cc(NC(=O)C(F)(F)C(F)(F)F)c1. The number of nitrogens with one attached hydrogen (secondary N) is 1. The molecule has 3 nitrogen and oxygen atoms in total. The van der Waals surface area contributed by atoms with Crippen molar-refractivity contribution in [3.63, 3.8) is 0 Å². The van der Waals surface area contributed by atoms with E-state index in [4.69, 9.17) is 5.73 Å². The number of nitrogens with two attached hydrogens (primary N) is 1. The smallest absolute Gasteiger partial charge is 0.399 e. The lowest BCUT2D eigenvalue weighted by Gasteiger charge is -2.18. The average Bonchev–Trinajstić information content (AvgIpc) is 2.13. The Morgan fingerprint density at radius 1 is 1.11 bits per heavy atom. The summed E-state index contributed by atoms with van der Waals surface area (Å²) in [4.78, 5) is 10.8. The van der Waals surface area contributed by atoms with Crippen LogP contribution in [0.15, 0.2) is 18.2 Å². The van der Waals surface area contributed by atoms with E-state index in [0.717, 1.165) is 12.1 Å². The fraction of sp³-hybridized carbons (Fsp3) is 0.222. The van der Waals surface area contributed by atoms with Crippen molar-refractivity contribution in [2.24, 2.45) is 0 Å². The Balaban J connectivity index is 2.95. The summed E-state index contributed by atoms with van der Waals surface area (Å²) in [6, 6.07) is 2.20. The van der Waals surface area contributed by atoms with E-state index in [-0.39, 0.29) is 5.69 Å². The van der Waals surface area contributed by atoms with Crippen LogP contribution in [0.5, 0.6) is 0 Å². The number of amides is 1. The van der Waals surface area contributed by atoms with Crippen LogP contribution in [0.25, 0.3) is 0 Å². The van der Waals surface area contributed by atoms with Crippen molar-refractivity contribution in [3.8, 4) is 0 Å². The molecule has 9 heteroatoms. The molecule has 3 N–H and O–H groups in total. The molecule has 100 valence electrons. The van der Waals surface area contributed by atoms with Crippen LogP contribution < -0.4 is 11.1 Å². The Morgan fingerprint density at radius 2 is 1.67 bits per heavy atom. The predicted octanol–water partition coefficient (Wildman–Crippen LogP) is 2.54. The number of rotatable bonds is 2. The Labute approximate surface area is 96.6 Å². The third-order valence-electron chi connectivity index (χ3n) is 1.82. The zero-order valence-electron chi connectivity index (χ0n) is 8.49. The van der Waals surface area contributed by atoms with E-state index >= 15 is 0 Å². The summed E-state index contributed by atoms with van der Waals surface area (Å²) in [7, 11) is 0. The molecule has 1 amide bonds. The van der Waals surface area contributed by atoms with E-state index in [1.54, 1.807) is 0 Å². The van der Waals surface area contributed by atoms with Gasteiger partial charge < -0.3 is 11.1 Å². The highest BCUT2D eigenvalue weighted by molar-refractivity contribution is 5.97. The number of hydrogen-bond donors (Lipinski definition) is 2. The summed E-state index contributed by atoms with van der Waals surface area (Å²) >= 11 is 0. The fourth-order valence-electron chi connectivity index (χ4n) is 1.02. The maximum atomic E-state index is 12.8. The minimum atomic E-state index is -6.03. The van der Waals surface area contributed by atoms with Gasteiger partial charge in [-0.3, -0.25) is 4.79 Å². The second-order valence-corrected chi connectivity index (χ2v) is 3.30. The number of anilines is 2. The number of alkyl halides is 5. The van der Waals surface area contributed by atoms with Gasteiger partial charge in [0.1, 0.15) is 5.82 Å². The number of hydrogen-bond acceptors (Lipinski definition) is 2. The fourth-order valence-corrected chi connectivity index (χ4v) is 1.02. The van der Waals surface area contributed by atoms with Gasteiger partial charge in [-0.05, 0) is 18.2 Å². The molecule has 0 saturated heterocycles. The van der Waals surface area contributed by atoms with Gasteiger partial charge in [0.05, 0.1) is 0 Å². The summed E-state index contributed by atoms with van der Waals surface area (Å²) in [5, 5.41) is 1.24. The maximum absolute atomic E-state index is 12.8. The number of nitrogen functional groups attached to an aromatic ring is 1. The third-order valence-corrected chi connectivity index (χ3v) is 1.82. The number of carbonyl (C=O) groups is 1. The van der Waals surface area contributed by atoms with Crippen molar-refractivity contribution >= 4 is 17.3 Å². The molecule has 0 atom stereocenters. The normalized spacial score (nSPS) is 12.3. The molecular weight excluding hydrogens is 266 g/mol. The summed E-state index contributed by atoms with van der Waals surface area (Å²) in [6.45, 7) is 0. The van der Waals surface area contributed by atoms with Gasteiger partial charge in [0.25, 0.3) is 0 Å². The highest BCUT2D eigenvalue weighted by Crippen LogP contribution is 2.36. The predicted molar refractivity (Wildman–Crippen MR) is 50.4 cm³/mol. The Bertz CT molecular complexity index is 450. The van der Waals surface area contributed by atoms with Crippen LogP contribution in [0.3, 0.4) is 0 Å². The molecule has 0 unspecified atom stereocenters. The van der Waals surface area contributed by atoms with Crippen molar-refractivity contribution in [2.75, 3.05) is 11.1 Å². The standard InChI is InChI=1S/C9H6F6N2O/c10-4-1-5(16)3-6(2-4)17-7(18)8(11,12)9(13,14)15/h1-3H,16H2,(H,17,18). The minimum Gasteiger partial charge on any atom is -0.399 e. The monoisotopic (exact) mass is 272 g/mol. The largest absolute Gasteiger partial charge is 0.463 e. The van der Waals surface area contributed by atoms with Gasteiger partial charge in [-0.25, -0.2) is 4.39 Å². The Kier molecular flexibility index (Phi) is 3.45. The molecule has 18 heavy (non-hydrogen) atoms. The topological polar surface area (TPSA) is 55.1 Å². The molecule has 0 aliphatic carbocycles. The molecule has 0 radical (unpaired) electrons. The van der Waals surface area contributed by atoms with Gasteiger partial charge in [0.2, 0.25) is 0 Å². The Hall–Kier alpha value is -1.93. The number of halogens is 6. The lowest BCUT2D eigenvalue weighted by molar-refractivity contribution is -0.267. The van der Waals surface area contributed by atoms with Gasteiger partial charge >= 0.3 is 18.0 Å². The van der Waals surface area contributed by atoms with Crippen molar-refractivity contribution in [3.05, 3.63) is 24.0 Å². The number of benzene rings is 1. The van der Waals surface area contributed by atoms with Crippen LogP contribution in [0.1, 0.15) is 0 Å². The van der Waals surface area contributed by atoms with Gasteiger partial charge in [-0.1, -0.05) is 0 Å². The molecule has 1 aromatic carbocycles. The molecule has 0 aliphatic rings. The summed E-state index contributed by atoms with van der Waals surface area (Å²) in [5.41, 5.74) is 4.30. The van der Waals surface area contributed by atoms with Gasteiger partial charge in [-0.15, -0.1) is 0 Å². The van der Waals surface area contributed by atoms with E-state index in [9.17, 15) is 31.1 Å². The first-order valence-electron chi connectivity index (χ1n) is 4.36. The molecule has 0 bridgehead atoms. The van der Waals surface area contributed by atoms with Gasteiger partial charge in [0, 0.05) is 11.4 Å². The van der Waals surface area contributed by atoms with Crippen molar-refractivity contribution in [2.45, 2.75) is 12.1 Å². The zero-order valence-corrected chi connectivity index (χ0v) is 8.49. The summed E-state index contributed by atoms with van der Waals surface area (Å²) in [5.74, 6) is -9.17. The second-order valence-electron chi connectivity index (χ2n) is 3.30. The first-order chi connectivity index (χ1) is 8.04.